The van der Waals surface area contributed by atoms with Crippen molar-refractivity contribution in [2.75, 3.05) is 58.9 Å². The molecule has 3 aliphatic rings. The zero-order valence-electron chi connectivity index (χ0n) is 24.4. The van der Waals surface area contributed by atoms with Crippen molar-refractivity contribution in [1.29, 1.82) is 0 Å². The lowest BCUT2D eigenvalue weighted by Gasteiger charge is -2.53. The molecule has 3 N–H and O–H groups in total. The second kappa shape index (κ2) is 12.2. The molecular formula is C30H44N4O5S. The number of aliphatic hydroxyl groups is 1. The smallest absolute Gasteiger partial charge is 0.223 e. The minimum atomic E-state index is -0.557. The molecule has 1 amide bonds. The Hall–Kier alpha value is -2.40. The number of hydrogen-bond donors (Lipinski definition) is 3. The molecule has 5 rings (SSSR count). The first-order valence-corrected chi connectivity index (χ1v) is 15.3. The number of anilines is 2. The molecule has 0 bridgehead atoms. The predicted molar refractivity (Wildman–Crippen MR) is 157 cm³/mol. The molecule has 2 heterocycles. The molecule has 220 valence electrons. The Kier molecular flexibility index (Phi) is 8.89. The summed E-state index contributed by atoms with van der Waals surface area (Å²) in [6.45, 7) is 11.3. The van der Waals surface area contributed by atoms with Crippen molar-refractivity contribution in [3.8, 4) is 11.5 Å². The summed E-state index contributed by atoms with van der Waals surface area (Å²) in [6.07, 6.45) is 2.16. The molecule has 1 aromatic heterocycles. The van der Waals surface area contributed by atoms with Gasteiger partial charge < -0.3 is 30.0 Å². The largest absolute Gasteiger partial charge is 0.497 e. The number of aliphatic hydroxyl groups excluding tert-OH is 1. The Morgan fingerprint density at radius 1 is 1.30 bits per heavy atom. The van der Waals surface area contributed by atoms with E-state index in [4.69, 9.17) is 19.2 Å². The van der Waals surface area contributed by atoms with E-state index in [0.717, 1.165) is 80.1 Å². The minimum absolute atomic E-state index is 0.0354. The van der Waals surface area contributed by atoms with E-state index in [0.29, 0.717) is 6.54 Å². The lowest BCUT2D eigenvalue weighted by molar-refractivity contribution is -0.134. The normalized spacial score (nSPS) is 29.1. The molecule has 1 aromatic carbocycles. The quantitative estimate of drug-likeness (QED) is 0.414. The summed E-state index contributed by atoms with van der Waals surface area (Å²) in [4.78, 5) is 21.7. The highest BCUT2D eigenvalue weighted by Gasteiger charge is 2.53. The Balaban J connectivity index is 1.27. The van der Waals surface area contributed by atoms with Gasteiger partial charge in [0.2, 0.25) is 5.91 Å². The zero-order valence-corrected chi connectivity index (χ0v) is 25.2. The van der Waals surface area contributed by atoms with E-state index in [-0.39, 0.29) is 35.0 Å². The summed E-state index contributed by atoms with van der Waals surface area (Å²) in [7, 11) is 3.29. The van der Waals surface area contributed by atoms with Gasteiger partial charge in [-0.05, 0) is 48.6 Å². The average molecular weight is 573 g/mol. The number of aromatic nitrogens is 1. The first kappa shape index (κ1) is 29.1. The standard InChI is InChI=1S/C30H44N4O5S/c1-18(28(36)31-10-11-34-12-14-39-15-13-34)21-8-9-30(3)17-24-26(19(2)25(30)27(21)35)33-29(40-24)32-22-16-20(37-4)6-7-23(22)38-5/h6-7,16,18-19,21,25,27,35H,8-15,17H2,1-5H3,(H,31,36)(H,32,33). The molecule has 10 heteroatoms. The van der Waals surface area contributed by atoms with Gasteiger partial charge in [0.15, 0.2) is 5.13 Å². The predicted octanol–water partition coefficient (Wildman–Crippen LogP) is 4.04. The number of amides is 1. The van der Waals surface area contributed by atoms with Crippen LogP contribution in [-0.4, -0.2) is 80.6 Å². The topological polar surface area (TPSA) is 105 Å². The van der Waals surface area contributed by atoms with Crippen LogP contribution in [0.25, 0.3) is 0 Å². The Bertz CT molecular complexity index is 1180. The molecule has 0 radical (unpaired) electrons. The number of ether oxygens (including phenoxy) is 3. The number of fused-ring (bicyclic) bond motifs is 2. The Morgan fingerprint density at radius 2 is 2.08 bits per heavy atom. The van der Waals surface area contributed by atoms with Crippen molar-refractivity contribution in [2.45, 2.75) is 52.1 Å². The van der Waals surface area contributed by atoms with Crippen LogP contribution in [0.1, 0.15) is 50.1 Å². The summed E-state index contributed by atoms with van der Waals surface area (Å²) in [5.74, 6) is 1.32. The third kappa shape index (κ3) is 5.82. The van der Waals surface area contributed by atoms with E-state index in [2.05, 4.69) is 29.4 Å². The van der Waals surface area contributed by atoms with E-state index in [1.165, 1.54) is 4.88 Å². The zero-order chi connectivity index (χ0) is 28.4. The second-order valence-electron chi connectivity index (χ2n) is 11.9. The van der Waals surface area contributed by atoms with Gasteiger partial charge in [-0.3, -0.25) is 9.69 Å². The van der Waals surface area contributed by atoms with Crippen LogP contribution in [0.2, 0.25) is 0 Å². The monoisotopic (exact) mass is 572 g/mol. The number of hydrogen-bond acceptors (Lipinski definition) is 9. The van der Waals surface area contributed by atoms with Gasteiger partial charge in [0.25, 0.3) is 0 Å². The molecular weight excluding hydrogens is 528 g/mol. The van der Waals surface area contributed by atoms with E-state index in [1.807, 2.05) is 25.1 Å². The maximum absolute atomic E-state index is 13.1. The van der Waals surface area contributed by atoms with E-state index >= 15 is 0 Å². The number of rotatable bonds is 9. The summed E-state index contributed by atoms with van der Waals surface area (Å²) in [5.41, 5.74) is 1.82. The fourth-order valence-corrected chi connectivity index (χ4v) is 8.42. The maximum atomic E-state index is 13.1. The van der Waals surface area contributed by atoms with Crippen LogP contribution in [0.3, 0.4) is 0 Å². The van der Waals surface area contributed by atoms with Gasteiger partial charge in [-0.25, -0.2) is 4.98 Å². The second-order valence-corrected chi connectivity index (χ2v) is 13.0. The maximum Gasteiger partial charge on any atom is 0.223 e. The summed E-state index contributed by atoms with van der Waals surface area (Å²) in [6, 6.07) is 5.66. The van der Waals surface area contributed by atoms with Crippen LogP contribution in [-0.2, 0) is 16.0 Å². The van der Waals surface area contributed by atoms with Crippen LogP contribution in [0.4, 0.5) is 10.8 Å². The molecule has 40 heavy (non-hydrogen) atoms. The molecule has 6 unspecified atom stereocenters. The van der Waals surface area contributed by atoms with Crippen LogP contribution in [0.5, 0.6) is 11.5 Å². The van der Waals surface area contributed by atoms with Gasteiger partial charge in [0, 0.05) is 49.0 Å². The first-order valence-electron chi connectivity index (χ1n) is 14.5. The number of thiazole rings is 1. The fourth-order valence-electron chi connectivity index (χ4n) is 7.14. The lowest BCUT2D eigenvalue weighted by atomic mass is 9.53. The molecule has 6 atom stereocenters. The third-order valence-corrected chi connectivity index (χ3v) is 10.4. The van der Waals surface area contributed by atoms with Gasteiger partial charge in [0.1, 0.15) is 11.5 Å². The van der Waals surface area contributed by atoms with Gasteiger partial charge in [-0.2, -0.15) is 0 Å². The van der Waals surface area contributed by atoms with Crippen LogP contribution < -0.4 is 20.1 Å². The average Bonchev–Trinajstić information content (AvgIpc) is 3.35. The summed E-state index contributed by atoms with van der Waals surface area (Å²) in [5, 5.41) is 19.2. The van der Waals surface area contributed by atoms with Gasteiger partial charge in [0.05, 0.1) is 44.9 Å². The van der Waals surface area contributed by atoms with E-state index < -0.39 is 6.10 Å². The molecule has 2 aromatic rings. The molecule has 2 aliphatic carbocycles. The number of carbonyl (C=O) groups excluding carboxylic acids is 1. The third-order valence-electron chi connectivity index (χ3n) is 9.46. The highest BCUT2D eigenvalue weighted by Crippen LogP contribution is 2.57. The molecule has 1 saturated heterocycles. The van der Waals surface area contributed by atoms with Crippen molar-refractivity contribution in [1.82, 2.24) is 15.2 Å². The van der Waals surface area contributed by atoms with Crippen molar-refractivity contribution < 1.29 is 24.1 Å². The highest BCUT2D eigenvalue weighted by atomic mass is 32.1. The summed E-state index contributed by atoms with van der Waals surface area (Å²) < 4.78 is 16.4. The van der Waals surface area contributed by atoms with Crippen molar-refractivity contribution in [2.24, 2.45) is 23.2 Å². The highest BCUT2D eigenvalue weighted by molar-refractivity contribution is 7.15. The van der Waals surface area contributed by atoms with Gasteiger partial charge in [-0.15, -0.1) is 11.3 Å². The van der Waals surface area contributed by atoms with Crippen molar-refractivity contribution >= 4 is 28.1 Å². The van der Waals surface area contributed by atoms with Gasteiger partial charge in [-0.1, -0.05) is 20.8 Å². The number of methoxy groups -OCH3 is 2. The molecule has 1 saturated carbocycles. The minimum Gasteiger partial charge on any atom is -0.497 e. The van der Waals surface area contributed by atoms with Crippen LogP contribution >= 0.6 is 11.3 Å². The number of nitrogens with zero attached hydrogens (tertiary/aromatic N) is 2. The fraction of sp³-hybridized carbons (Fsp3) is 0.667. The first-order chi connectivity index (χ1) is 19.2. The number of morpholine rings is 1. The van der Waals surface area contributed by atoms with Crippen molar-refractivity contribution in [3.05, 3.63) is 28.8 Å². The number of carbonyl (C=O) groups is 1. The Morgan fingerprint density at radius 3 is 2.80 bits per heavy atom. The Labute approximate surface area is 241 Å². The SMILES string of the molecule is COc1ccc(OC)c(Nc2nc3c(s2)CC2(C)CCC(C(C)C(=O)NCCN4CCOCC4)C(O)C2C3C)c1. The molecule has 1 aliphatic heterocycles. The van der Waals surface area contributed by atoms with Crippen LogP contribution in [0.15, 0.2) is 18.2 Å². The van der Waals surface area contributed by atoms with Crippen molar-refractivity contribution in [3.63, 3.8) is 0 Å². The van der Waals surface area contributed by atoms with Crippen LogP contribution in [0, 0.1) is 23.2 Å². The number of nitrogens with one attached hydrogen (secondary N) is 2. The lowest BCUT2D eigenvalue weighted by Crippen LogP contribution is -2.53. The molecule has 9 nitrogen and oxygen atoms in total. The van der Waals surface area contributed by atoms with E-state index in [1.54, 1.807) is 25.6 Å². The summed E-state index contributed by atoms with van der Waals surface area (Å²) >= 11 is 1.68. The van der Waals surface area contributed by atoms with E-state index in [9.17, 15) is 9.90 Å². The van der Waals surface area contributed by atoms with Gasteiger partial charge >= 0.3 is 0 Å². The molecule has 2 fully saturated rings. The molecule has 0 spiro atoms. The number of benzene rings is 1.